The van der Waals surface area contributed by atoms with Crippen molar-refractivity contribution in [1.29, 1.82) is 0 Å². The molecule has 1 heterocycles. The van der Waals surface area contributed by atoms with Crippen LogP contribution >= 0.6 is 0 Å². The molecule has 0 fully saturated rings. The number of Topliss-reactive ketones (excluding diaryl/α,β-unsaturated/α-hetero) is 1. The number of ether oxygens (including phenoxy) is 3. The second kappa shape index (κ2) is 12.2. The Morgan fingerprint density at radius 1 is 1.12 bits per heavy atom. The summed E-state index contributed by atoms with van der Waals surface area (Å²) in [7, 11) is -3.29. The number of carbonyl (C=O) groups is 3. The first-order chi connectivity index (χ1) is 19.2. The number of carbonyl (C=O) groups excluding carboxylic acids is 3. The van der Waals surface area contributed by atoms with Gasteiger partial charge < -0.3 is 19.2 Å². The summed E-state index contributed by atoms with van der Waals surface area (Å²) in [5.74, 6) is -3.86. The summed E-state index contributed by atoms with van der Waals surface area (Å²) < 4.78 is 57.9. The Balaban J connectivity index is 1.86. The van der Waals surface area contributed by atoms with Gasteiger partial charge in [-0.2, -0.15) is 0 Å². The molecule has 15 heteroatoms. The highest BCUT2D eigenvalue weighted by Crippen LogP contribution is 2.31. The average Bonchev–Trinajstić information content (AvgIpc) is 3.21. The number of halogens is 1. The number of nitrogens with one attached hydrogen (secondary N) is 2. The fraction of sp³-hybridized carbons (Fsp3) is 0.269. The van der Waals surface area contributed by atoms with E-state index in [1.165, 1.54) is 27.0 Å². The fourth-order valence-corrected chi connectivity index (χ4v) is 4.99. The minimum absolute atomic E-state index is 0.0160. The second-order valence-electron chi connectivity index (χ2n) is 8.65. The maximum Gasteiger partial charge on any atom is 0.341 e. The van der Waals surface area contributed by atoms with Crippen molar-refractivity contribution < 1.29 is 46.3 Å². The number of nitro groups is 1. The second-order valence-corrected chi connectivity index (χ2v) is 10.3. The van der Waals surface area contributed by atoms with Gasteiger partial charge in [-0.15, -0.1) is 0 Å². The quantitative estimate of drug-likeness (QED) is 0.142. The Hall–Kier alpha value is -4.79. The predicted molar refractivity (Wildman–Crippen MR) is 142 cm³/mol. The number of aromatic amines is 1. The van der Waals surface area contributed by atoms with Crippen molar-refractivity contribution in [3.63, 3.8) is 0 Å². The molecule has 13 nitrogen and oxygen atoms in total. The third-order valence-electron chi connectivity index (χ3n) is 5.92. The Kier molecular flexibility index (Phi) is 9.12. The molecule has 1 atom stereocenters. The summed E-state index contributed by atoms with van der Waals surface area (Å²) in [6.07, 6.45) is -1.46. The molecular formula is C26H26FN3O10S. The highest BCUT2D eigenvalue weighted by Gasteiger charge is 2.29. The van der Waals surface area contributed by atoms with Crippen LogP contribution in [0.5, 0.6) is 5.75 Å². The van der Waals surface area contributed by atoms with Gasteiger partial charge in [0.25, 0.3) is 15.7 Å². The van der Waals surface area contributed by atoms with Crippen molar-refractivity contribution in [2.45, 2.75) is 38.7 Å². The molecule has 2 N–H and O–H groups in total. The molecule has 41 heavy (non-hydrogen) atoms. The van der Waals surface area contributed by atoms with Crippen molar-refractivity contribution in [3.05, 3.63) is 80.4 Å². The summed E-state index contributed by atoms with van der Waals surface area (Å²) in [6, 6.07) is 5.51. The van der Waals surface area contributed by atoms with Crippen LogP contribution in [-0.4, -0.2) is 55.9 Å². The van der Waals surface area contributed by atoms with Gasteiger partial charge in [0.1, 0.15) is 11.6 Å². The molecule has 2 aromatic carbocycles. The number of esters is 2. The van der Waals surface area contributed by atoms with E-state index in [1.54, 1.807) is 13.8 Å². The number of rotatable bonds is 11. The summed E-state index contributed by atoms with van der Waals surface area (Å²) in [5, 5.41) is 11.1. The lowest BCUT2D eigenvalue weighted by Crippen LogP contribution is -2.26. The Bertz CT molecular complexity index is 1650. The predicted octanol–water partition coefficient (Wildman–Crippen LogP) is 4.09. The lowest BCUT2D eigenvalue weighted by molar-refractivity contribution is -0.384. The van der Waals surface area contributed by atoms with Crippen LogP contribution in [0.15, 0.2) is 41.3 Å². The number of ketones is 1. The maximum absolute atomic E-state index is 14.6. The van der Waals surface area contributed by atoms with Gasteiger partial charge in [0.2, 0.25) is 5.78 Å². The van der Waals surface area contributed by atoms with E-state index in [0.717, 1.165) is 18.2 Å². The van der Waals surface area contributed by atoms with Gasteiger partial charge in [-0.25, -0.2) is 22.4 Å². The van der Waals surface area contributed by atoms with E-state index in [-0.39, 0.29) is 34.9 Å². The van der Waals surface area contributed by atoms with Crippen molar-refractivity contribution in [2.75, 3.05) is 18.4 Å². The SMILES string of the molecule is CCOC(=O)c1c(C)[nH]c(C(=O)C(C)OC(=O)c2cc(S(=O)(=O)Nc3cc([N+](=O)[O-])ccc3OC)ccc2F)c1C. The van der Waals surface area contributed by atoms with Crippen LogP contribution in [0.3, 0.4) is 0 Å². The number of benzene rings is 2. The van der Waals surface area contributed by atoms with Crippen LogP contribution < -0.4 is 9.46 Å². The van der Waals surface area contributed by atoms with Gasteiger partial charge in [0.05, 0.1) is 46.0 Å². The Labute approximate surface area is 233 Å². The molecule has 0 aliphatic carbocycles. The molecular weight excluding hydrogens is 565 g/mol. The van der Waals surface area contributed by atoms with Crippen LogP contribution in [-0.2, 0) is 19.5 Å². The number of aromatic nitrogens is 1. The largest absolute Gasteiger partial charge is 0.495 e. The van der Waals surface area contributed by atoms with E-state index in [9.17, 15) is 37.3 Å². The number of nitrogens with zero attached hydrogens (tertiary/aromatic N) is 1. The van der Waals surface area contributed by atoms with Gasteiger partial charge in [-0.3, -0.25) is 19.6 Å². The number of H-pyrrole nitrogens is 1. The molecule has 3 aromatic rings. The number of aryl methyl sites for hydroxylation is 1. The third kappa shape index (κ3) is 6.51. The third-order valence-corrected chi connectivity index (χ3v) is 7.29. The van der Waals surface area contributed by atoms with Crippen LogP contribution in [0, 0.1) is 29.8 Å². The van der Waals surface area contributed by atoms with E-state index in [0.29, 0.717) is 17.8 Å². The average molecular weight is 592 g/mol. The van der Waals surface area contributed by atoms with Crippen LogP contribution in [0.4, 0.5) is 15.8 Å². The molecule has 0 spiro atoms. The topological polar surface area (TPSA) is 184 Å². The summed E-state index contributed by atoms with van der Waals surface area (Å²) in [5.41, 5.74) is -0.704. The molecule has 3 rings (SSSR count). The summed E-state index contributed by atoms with van der Waals surface area (Å²) in [6.45, 7) is 6.05. The van der Waals surface area contributed by atoms with Gasteiger partial charge in [-0.1, -0.05) is 0 Å². The molecule has 0 saturated carbocycles. The zero-order valence-corrected chi connectivity index (χ0v) is 23.4. The maximum atomic E-state index is 14.6. The van der Waals surface area contributed by atoms with E-state index in [2.05, 4.69) is 9.71 Å². The van der Waals surface area contributed by atoms with Gasteiger partial charge in [0, 0.05) is 17.8 Å². The lowest BCUT2D eigenvalue weighted by Gasteiger charge is -2.14. The van der Waals surface area contributed by atoms with Crippen LogP contribution in [0.25, 0.3) is 0 Å². The standard InChI is InChI=1S/C26H26FN3O10S/c1-6-39-26(33)22-13(2)23(28-14(22)3)24(31)15(4)40-25(32)18-12-17(8-9-19(18)27)41(36,37)29-20-11-16(30(34)35)7-10-21(20)38-5/h7-12,15,28-29H,6H2,1-5H3. The number of methoxy groups -OCH3 is 1. The minimum Gasteiger partial charge on any atom is -0.495 e. The molecule has 0 radical (unpaired) electrons. The molecule has 0 amide bonds. The van der Waals surface area contributed by atoms with Crippen molar-refractivity contribution in [2.24, 2.45) is 0 Å². The first-order valence-electron chi connectivity index (χ1n) is 12.0. The van der Waals surface area contributed by atoms with Crippen molar-refractivity contribution in [1.82, 2.24) is 4.98 Å². The first kappa shape index (κ1) is 30.7. The molecule has 218 valence electrons. The number of hydrogen-bond donors (Lipinski definition) is 2. The highest BCUT2D eigenvalue weighted by molar-refractivity contribution is 7.92. The normalized spacial score (nSPS) is 11.9. The van der Waals surface area contributed by atoms with Crippen molar-refractivity contribution >= 4 is 39.1 Å². The van der Waals surface area contributed by atoms with E-state index in [4.69, 9.17) is 14.2 Å². The molecule has 0 aliphatic heterocycles. The van der Waals surface area contributed by atoms with Gasteiger partial charge >= 0.3 is 11.9 Å². The minimum atomic E-state index is -4.51. The smallest absolute Gasteiger partial charge is 0.341 e. The number of sulfonamides is 1. The summed E-state index contributed by atoms with van der Waals surface area (Å²) >= 11 is 0. The molecule has 1 unspecified atom stereocenters. The molecule has 0 aliphatic rings. The first-order valence-corrected chi connectivity index (χ1v) is 13.5. The highest BCUT2D eigenvalue weighted by atomic mass is 32.2. The number of non-ortho nitro benzene ring substituents is 1. The monoisotopic (exact) mass is 591 g/mol. The zero-order valence-electron chi connectivity index (χ0n) is 22.6. The van der Waals surface area contributed by atoms with E-state index >= 15 is 0 Å². The lowest BCUT2D eigenvalue weighted by atomic mass is 10.1. The van der Waals surface area contributed by atoms with Crippen LogP contribution in [0.2, 0.25) is 0 Å². The number of hydrogen-bond acceptors (Lipinski definition) is 10. The van der Waals surface area contributed by atoms with Gasteiger partial charge in [-0.05, 0) is 57.5 Å². The summed E-state index contributed by atoms with van der Waals surface area (Å²) in [4.78, 5) is 50.6. The van der Waals surface area contributed by atoms with E-state index in [1.807, 2.05) is 0 Å². The Morgan fingerprint density at radius 2 is 1.80 bits per heavy atom. The molecule has 0 saturated heterocycles. The molecule has 1 aromatic heterocycles. The Morgan fingerprint density at radius 3 is 2.41 bits per heavy atom. The fourth-order valence-electron chi connectivity index (χ4n) is 3.91. The molecule has 0 bridgehead atoms. The zero-order chi connectivity index (χ0) is 30.6. The van der Waals surface area contributed by atoms with Gasteiger partial charge in [0.15, 0.2) is 6.10 Å². The van der Waals surface area contributed by atoms with Crippen LogP contribution in [0.1, 0.15) is 56.3 Å². The van der Waals surface area contributed by atoms with E-state index < -0.39 is 60.7 Å². The number of nitro benzene ring substituents is 1. The number of anilines is 1. The van der Waals surface area contributed by atoms with Crippen molar-refractivity contribution in [3.8, 4) is 5.75 Å².